The number of fused-ring (bicyclic) bond motifs is 1. The number of benzene rings is 2. The molecule has 0 amide bonds. The Bertz CT molecular complexity index is 1140. The lowest BCUT2D eigenvalue weighted by Gasteiger charge is -2.23. The van der Waals surface area contributed by atoms with Crippen LogP contribution in [0, 0.1) is 11.0 Å². The van der Waals surface area contributed by atoms with Crippen LogP contribution in [-0.2, 0) is 11.3 Å². The summed E-state index contributed by atoms with van der Waals surface area (Å²) in [6.45, 7) is 0.650. The summed E-state index contributed by atoms with van der Waals surface area (Å²) in [4.78, 5) is 16.6. The molecule has 3 aromatic rings. The first-order valence-electron chi connectivity index (χ1n) is 9.74. The first-order valence-corrected chi connectivity index (χ1v) is 9.74. The summed E-state index contributed by atoms with van der Waals surface area (Å²) in [7, 11) is 0. The smallest absolute Gasteiger partial charge is 0.342 e. The predicted molar refractivity (Wildman–Crippen MR) is 113 cm³/mol. The summed E-state index contributed by atoms with van der Waals surface area (Å²) in [6.07, 6.45) is 4.35. The van der Waals surface area contributed by atoms with E-state index in [0.717, 1.165) is 0 Å². The lowest BCUT2D eigenvalue weighted by molar-refractivity contribution is 0.0481. The highest BCUT2D eigenvalue weighted by molar-refractivity contribution is 5.93. The Balaban J connectivity index is 1.47. The number of para-hydroxylation sites is 1. The Labute approximate surface area is 182 Å². The molecule has 1 aromatic heterocycles. The number of aromatic nitrogens is 2. The van der Waals surface area contributed by atoms with Gasteiger partial charge in [0, 0.05) is 0 Å². The van der Waals surface area contributed by atoms with Crippen LogP contribution in [0.15, 0.2) is 48.7 Å². The zero-order chi connectivity index (χ0) is 22.5. The molecule has 0 atom stereocenters. The van der Waals surface area contributed by atoms with Crippen molar-refractivity contribution in [3.05, 3.63) is 76.6 Å². The number of imidazole rings is 1. The van der Waals surface area contributed by atoms with Crippen LogP contribution in [0.3, 0.4) is 0 Å². The maximum Gasteiger partial charge on any atom is 0.342 e. The molecule has 0 spiro atoms. The summed E-state index contributed by atoms with van der Waals surface area (Å²) < 4.78 is 31.1. The number of carbonyl (C=O) groups excluding carboxylic acids is 1. The van der Waals surface area contributed by atoms with E-state index >= 15 is 0 Å². The van der Waals surface area contributed by atoms with Gasteiger partial charge in [0.25, 0.3) is 0 Å². The summed E-state index contributed by atoms with van der Waals surface area (Å²) in [5.74, 6) is -0.0465. The molecule has 0 bridgehead atoms. The molecule has 0 unspecified atom stereocenters. The van der Waals surface area contributed by atoms with Crippen LogP contribution in [0.2, 0.25) is 0 Å². The Hall–Kier alpha value is -3.89. The number of hydrogen-bond acceptors (Lipinski definition) is 8. The molecule has 0 saturated heterocycles. The molecule has 32 heavy (non-hydrogen) atoms. The van der Waals surface area contributed by atoms with Crippen molar-refractivity contribution in [3.8, 4) is 11.5 Å². The van der Waals surface area contributed by atoms with Crippen LogP contribution in [-0.4, -0.2) is 40.5 Å². The van der Waals surface area contributed by atoms with E-state index in [4.69, 9.17) is 14.2 Å². The normalized spacial score (nSPS) is 12.7. The molecule has 1 N–H and O–H groups in total. The second-order valence-corrected chi connectivity index (χ2v) is 6.75. The van der Waals surface area contributed by atoms with Gasteiger partial charge in [-0.05, 0) is 35.9 Å². The predicted octanol–water partition coefficient (Wildman–Crippen LogP) is 3.51. The Morgan fingerprint density at radius 1 is 1.25 bits per heavy atom. The van der Waals surface area contributed by atoms with Crippen molar-refractivity contribution in [1.29, 1.82) is 0 Å². The van der Waals surface area contributed by atoms with Gasteiger partial charge in [0.2, 0.25) is 0 Å². The van der Waals surface area contributed by atoms with Gasteiger partial charge in [0.05, 0.1) is 12.7 Å². The van der Waals surface area contributed by atoms with Gasteiger partial charge in [-0.3, -0.25) is 5.21 Å². The zero-order valence-electron chi connectivity index (χ0n) is 16.8. The lowest BCUT2D eigenvalue weighted by Crippen LogP contribution is -2.20. The van der Waals surface area contributed by atoms with Crippen LogP contribution in [0.25, 0.3) is 12.2 Å². The number of ether oxygens (including phenoxy) is 3. The number of carbonyl (C=O) groups is 1. The molecule has 0 radical (unpaired) electrons. The van der Waals surface area contributed by atoms with Crippen molar-refractivity contribution in [3.63, 3.8) is 0 Å². The quantitative estimate of drug-likeness (QED) is 0.439. The van der Waals surface area contributed by atoms with Gasteiger partial charge in [0.15, 0.2) is 11.5 Å². The first-order chi connectivity index (χ1) is 15.5. The molecule has 0 fully saturated rings. The van der Waals surface area contributed by atoms with E-state index in [-0.39, 0.29) is 35.6 Å². The first kappa shape index (κ1) is 21.3. The number of rotatable bonds is 7. The van der Waals surface area contributed by atoms with Gasteiger partial charge >= 0.3 is 5.97 Å². The van der Waals surface area contributed by atoms with Gasteiger partial charge in [-0.15, -0.1) is 0 Å². The van der Waals surface area contributed by atoms with Crippen molar-refractivity contribution in [2.24, 2.45) is 0 Å². The van der Waals surface area contributed by atoms with Gasteiger partial charge in [-0.2, -0.15) is 0 Å². The molecule has 0 saturated carbocycles. The fourth-order valence-electron chi connectivity index (χ4n) is 3.22. The van der Waals surface area contributed by atoms with Gasteiger partial charge in [-0.25, -0.2) is 14.2 Å². The Kier molecular flexibility index (Phi) is 6.34. The van der Waals surface area contributed by atoms with Crippen LogP contribution >= 0.6 is 0 Å². The maximum absolute atomic E-state index is 13.4. The van der Waals surface area contributed by atoms with E-state index in [9.17, 15) is 19.6 Å². The number of hydrogen-bond donors (Lipinski definition) is 1. The third-order valence-electron chi connectivity index (χ3n) is 4.67. The van der Waals surface area contributed by atoms with E-state index in [0.29, 0.717) is 36.1 Å². The minimum absolute atomic E-state index is 0.0373. The van der Waals surface area contributed by atoms with Gasteiger partial charge in [0.1, 0.15) is 42.8 Å². The number of esters is 1. The van der Waals surface area contributed by atoms with E-state index < -0.39 is 5.97 Å². The van der Waals surface area contributed by atoms with Crippen molar-refractivity contribution in [1.82, 2.24) is 9.55 Å². The fraction of sp³-hybridized carbons (Fsp3) is 0.182. The Morgan fingerprint density at radius 2 is 2.06 bits per heavy atom. The standard InChI is InChI=1S/C22H19FN3O6/c23-16-4-1-3-15(13-16)7-8-19-24-14-20(26(28)29)25(19)9-10-32-22(27)17-5-2-6-18-21(17)31-12-11-30-18/h1-8,13-14,28H,9-12H2/q-1/b8-7-. The molecule has 2 aromatic carbocycles. The highest BCUT2D eigenvalue weighted by Crippen LogP contribution is 2.34. The second kappa shape index (κ2) is 9.50. The minimum atomic E-state index is -0.617. The summed E-state index contributed by atoms with van der Waals surface area (Å²) in [5, 5.41) is 20.5. The molecule has 0 aliphatic carbocycles. The molecule has 4 rings (SSSR count). The molecule has 1 aliphatic rings. The lowest BCUT2D eigenvalue weighted by atomic mass is 10.2. The minimum Gasteiger partial charge on any atom is -0.732 e. The molecular weight excluding hydrogens is 421 g/mol. The molecule has 2 heterocycles. The van der Waals surface area contributed by atoms with E-state index in [1.54, 1.807) is 42.5 Å². The van der Waals surface area contributed by atoms with Crippen LogP contribution in [0.5, 0.6) is 11.5 Å². The maximum atomic E-state index is 13.4. The molecule has 9 nitrogen and oxygen atoms in total. The summed E-state index contributed by atoms with van der Waals surface area (Å²) in [5.41, 5.74) is 0.818. The van der Waals surface area contributed by atoms with Gasteiger partial charge < -0.3 is 29.2 Å². The summed E-state index contributed by atoms with van der Waals surface area (Å²) >= 11 is 0. The van der Waals surface area contributed by atoms with Crippen molar-refractivity contribution < 1.29 is 28.6 Å². The van der Waals surface area contributed by atoms with Crippen LogP contribution < -0.4 is 14.7 Å². The number of anilines is 1. The molecule has 10 heteroatoms. The van der Waals surface area contributed by atoms with E-state index in [1.807, 2.05) is 0 Å². The largest absolute Gasteiger partial charge is 0.732 e. The highest BCUT2D eigenvalue weighted by atomic mass is 19.1. The van der Waals surface area contributed by atoms with Gasteiger partial charge in [-0.1, -0.05) is 24.3 Å². The number of nitrogens with zero attached hydrogens (tertiary/aromatic N) is 3. The van der Waals surface area contributed by atoms with Crippen molar-refractivity contribution in [2.45, 2.75) is 6.54 Å². The third-order valence-corrected chi connectivity index (χ3v) is 4.67. The fourth-order valence-corrected chi connectivity index (χ4v) is 3.22. The molecule has 166 valence electrons. The SMILES string of the molecule is O=C(OCCn1c(N([O-])O)cnc1/C=C\c1cccc(F)c1)c1cccc2c1OCCO2. The van der Waals surface area contributed by atoms with Crippen molar-refractivity contribution >= 4 is 23.9 Å². The van der Waals surface area contributed by atoms with Crippen LogP contribution in [0.1, 0.15) is 21.7 Å². The van der Waals surface area contributed by atoms with E-state index in [1.165, 1.54) is 22.9 Å². The monoisotopic (exact) mass is 440 g/mol. The average Bonchev–Trinajstić information content (AvgIpc) is 3.20. The third kappa shape index (κ3) is 4.71. The highest BCUT2D eigenvalue weighted by Gasteiger charge is 2.21. The van der Waals surface area contributed by atoms with E-state index in [2.05, 4.69) is 4.98 Å². The number of halogens is 1. The Morgan fingerprint density at radius 3 is 2.88 bits per heavy atom. The topological polar surface area (TPSA) is 109 Å². The molecule has 1 aliphatic heterocycles. The molecular formula is C22H19FN3O6-. The second-order valence-electron chi connectivity index (χ2n) is 6.75. The van der Waals surface area contributed by atoms with Crippen molar-refractivity contribution in [2.75, 3.05) is 25.0 Å². The zero-order valence-corrected chi connectivity index (χ0v) is 16.8. The van der Waals surface area contributed by atoms with Crippen LogP contribution in [0.4, 0.5) is 10.2 Å². The summed E-state index contributed by atoms with van der Waals surface area (Å²) in [6, 6.07) is 10.9. The average molecular weight is 440 g/mol.